The van der Waals surface area contributed by atoms with E-state index in [1.807, 2.05) is 12.1 Å². The highest BCUT2D eigenvalue weighted by molar-refractivity contribution is 5.90. The molecule has 0 aliphatic carbocycles. The standard InChI is InChI=1S/C15H23N3O2/c1-2-14-11-18(9-10-20-14)8-7-15(19)17-13-5-3-12(16)4-6-13/h3-6,14H,2,7-11,16H2,1H3,(H,17,19). The van der Waals surface area contributed by atoms with Gasteiger partial charge in [0.2, 0.25) is 5.91 Å². The Morgan fingerprint density at radius 2 is 2.20 bits per heavy atom. The number of morpholine rings is 1. The molecule has 3 N–H and O–H groups in total. The minimum atomic E-state index is 0.0364. The molecule has 5 nitrogen and oxygen atoms in total. The number of hydrogen-bond acceptors (Lipinski definition) is 4. The van der Waals surface area contributed by atoms with Crippen molar-refractivity contribution in [2.45, 2.75) is 25.9 Å². The Labute approximate surface area is 120 Å². The molecule has 1 aliphatic rings. The Morgan fingerprint density at radius 3 is 2.90 bits per heavy atom. The third-order valence-corrected chi connectivity index (χ3v) is 3.53. The average molecular weight is 277 g/mol. The Morgan fingerprint density at radius 1 is 1.45 bits per heavy atom. The number of carbonyl (C=O) groups is 1. The summed E-state index contributed by atoms with van der Waals surface area (Å²) >= 11 is 0. The van der Waals surface area contributed by atoms with Crippen LogP contribution in [0.1, 0.15) is 19.8 Å². The quantitative estimate of drug-likeness (QED) is 0.804. The van der Waals surface area contributed by atoms with Crippen LogP contribution in [0.15, 0.2) is 24.3 Å². The van der Waals surface area contributed by atoms with Crippen LogP contribution in [0.4, 0.5) is 11.4 Å². The number of nitrogens with one attached hydrogen (secondary N) is 1. The molecule has 110 valence electrons. The predicted octanol–water partition coefficient (Wildman–Crippen LogP) is 1.71. The summed E-state index contributed by atoms with van der Waals surface area (Å²) in [6, 6.07) is 7.19. The van der Waals surface area contributed by atoms with Gasteiger partial charge < -0.3 is 15.8 Å². The summed E-state index contributed by atoms with van der Waals surface area (Å²) in [7, 11) is 0. The van der Waals surface area contributed by atoms with Crippen LogP contribution in [0.25, 0.3) is 0 Å². The lowest BCUT2D eigenvalue weighted by molar-refractivity contribution is -0.117. The normalized spacial score (nSPS) is 19.8. The van der Waals surface area contributed by atoms with Crippen LogP contribution in [-0.4, -0.2) is 43.2 Å². The van der Waals surface area contributed by atoms with E-state index in [4.69, 9.17) is 10.5 Å². The monoisotopic (exact) mass is 277 g/mol. The van der Waals surface area contributed by atoms with Gasteiger partial charge in [-0.15, -0.1) is 0 Å². The SMILES string of the molecule is CCC1CN(CCC(=O)Nc2ccc(N)cc2)CCO1. The number of nitrogen functional groups attached to an aromatic ring is 1. The zero-order chi connectivity index (χ0) is 14.4. The number of benzene rings is 1. The number of nitrogens with zero attached hydrogens (tertiary/aromatic N) is 1. The zero-order valence-electron chi connectivity index (χ0n) is 12.0. The van der Waals surface area contributed by atoms with E-state index in [1.165, 1.54) is 0 Å². The van der Waals surface area contributed by atoms with Crippen LogP contribution in [0, 0.1) is 0 Å². The highest BCUT2D eigenvalue weighted by atomic mass is 16.5. The van der Waals surface area contributed by atoms with Crippen LogP contribution >= 0.6 is 0 Å². The van der Waals surface area contributed by atoms with Gasteiger partial charge in [0, 0.05) is 37.4 Å². The van der Waals surface area contributed by atoms with Crippen molar-refractivity contribution in [2.75, 3.05) is 37.3 Å². The van der Waals surface area contributed by atoms with Gasteiger partial charge in [0.05, 0.1) is 12.7 Å². The molecule has 20 heavy (non-hydrogen) atoms. The number of carbonyl (C=O) groups excluding carboxylic acids is 1. The number of hydrogen-bond donors (Lipinski definition) is 2. The van der Waals surface area contributed by atoms with Gasteiger partial charge >= 0.3 is 0 Å². The molecule has 0 saturated carbocycles. The van der Waals surface area contributed by atoms with Crippen LogP contribution in [-0.2, 0) is 9.53 Å². The van der Waals surface area contributed by atoms with Crippen LogP contribution < -0.4 is 11.1 Å². The van der Waals surface area contributed by atoms with Crippen molar-refractivity contribution in [1.29, 1.82) is 0 Å². The van der Waals surface area contributed by atoms with Crippen molar-refractivity contribution in [3.05, 3.63) is 24.3 Å². The van der Waals surface area contributed by atoms with Crippen molar-refractivity contribution >= 4 is 17.3 Å². The lowest BCUT2D eigenvalue weighted by atomic mass is 10.2. The molecular formula is C15H23N3O2. The summed E-state index contributed by atoms with van der Waals surface area (Å²) in [6.45, 7) is 5.50. The molecule has 1 heterocycles. The fourth-order valence-corrected chi connectivity index (χ4v) is 2.28. The van der Waals surface area contributed by atoms with Gasteiger partial charge in [-0.25, -0.2) is 0 Å². The first-order chi connectivity index (χ1) is 9.67. The summed E-state index contributed by atoms with van der Waals surface area (Å²) in [5.41, 5.74) is 7.09. The Hall–Kier alpha value is -1.59. The van der Waals surface area contributed by atoms with Crippen molar-refractivity contribution in [3.8, 4) is 0 Å². The lowest BCUT2D eigenvalue weighted by Gasteiger charge is -2.32. The number of ether oxygens (including phenoxy) is 1. The Balaban J connectivity index is 1.73. The highest BCUT2D eigenvalue weighted by Crippen LogP contribution is 2.12. The van der Waals surface area contributed by atoms with Crippen molar-refractivity contribution in [1.82, 2.24) is 4.90 Å². The third kappa shape index (κ3) is 4.51. The first-order valence-corrected chi connectivity index (χ1v) is 7.16. The topological polar surface area (TPSA) is 67.6 Å². The minimum Gasteiger partial charge on any atom is -0.399 e. The van der Waals surface area contributed by atoms with E-state index < -0.39 is 0 Å². The first kappa shape index (κ1) is 14.8. The first-order valence-electron chi connectivity index (χ1n) is 7.16. The lowest BCUT2D eigenvalue weighted by Crippen LogP contribution is -2.43. The zero-order valence-corrected chi connectivity index (χ0v) is 12.0. The Kier molecular flexibility index (Phi) is 5.38. The van der Waals surface area contributed by atoms with Crippen LogP contribution in [0.5, 0.6) is 0 Å². The molecule has 5 heteroatoms. The van der Waals surface area contributed by atoms with Crippen molar-refractivity contribution in [3.63, 3.8) is 0 Å². The van der Waals surface area contributed by atoms with Crippen LogP contribution in [0.3, 0.4) is 0 Å². The van der Waals surface area contributed by atoms with E-state index in [9.17, 15) is 4.79 Å². The molecular weight excluding hydrogens is 254 g/mol. The predicted molar refractivity (Wildman–Crippen MR) is 80.6 cm³/mol. The Bertz CT molecular complexity index is 433. The fourth-order valence-electron chi connectivity index (χ4n) is 2.28. The molecule has 0 aromatic heterocycles. The maximum atomic E-state index is 11.9. The number of nitrogens with two attached hydrogens (primary N) is 1. The van der Waals surface area contributed by atoms with Gasteiger partial charge in [0.25, 0.3) is 0 Å². The fraction of sp³-hybridized carbons (Fsp3) is 0.533. The van der Waals surface area contributed by atoms with E-state index in [0.717, 1.165) is 38.3 Å². The minimum absolute atomic E-state index is 0.0364. The highest BCUT2D eigenvalue weighted by Gasteiger charge is 2.19. The van der Waals surface area contributed by atoms with Crippen molar-refractivity contribution in [2.24, 2.45) is 0 Å². The van der Waals surface area contributed by atoms with Crippen LogP contribution in [0.2, 0.25) is 0 Å². The summed E-state index contributed by atoms with van der Waals surface area (Å²) < 4.78 is 5.62. The van der Waals surface area contributed by atoms with Gasteiger partial charge in [-0.3, -0.25) is 9.69 Å². The van der Waals surface area contributed by atoms with Gasteiger partial charge in [-0.05, 0) is 30.7 Å². The molecule has 0 radical (unpaired) electrons. The maximum absolute atomic E-state index is 11.9. The summed E-state index contributed by atoms with van der Waals surface area (Å²) in [5.74, 6) is 0.0364. The maximum Gasteiger partial charge on any atom is 0.225 e. The second kappa shape index (κ2) is 7.26. The van der Waals surface area contributed by atoms with E-state index in [1.54, 1.807) is 12.1 Å². The summed E-state index contributed by atoms with van der Waals surface area (Å²) in [5, 5.41) is 2.88. The number of anilines is 2. The molecule has 1 unspecified atom stereocenters. The third-order valence-electron chi connectivity index (χ3n) is 3.53. The van der Waals surface area contributed by atoms with Gasteiger partial charge in [0.15, 0.2) is 0 Å². The molecule has 1 aromatic carbocycles. The largest absolute Gasteiger partial charge is 0.399 e. The number of amides is 1. The van der Waals surface area contributed by atoms with Crippen molar-refractivity contribution < 1.29 is 9.53 Å². The molecule has 1 saturated heterocycles. The van der Waals surface area contributed by atoms with E-state index in [0.29, 0.717) is 18.2 Å². The van der Waals surface area contributed by atoms with E-state index in [-0.39, 0.29) is 5.91 Å². The molecule has 1 aliphatic heterocycles. The molecule has 1 amide bonds. The van der Waals surface area contributed by atoms with Gasteiger partial charge in [-0.1, -0.05) is 6.92 Å². The molecule has 1 fully saturated rings. The van der Waals surface area contributed by atoms with E-state index in [2.05, 4.69) is 17.1 Å². The van der Waals surface area contributed by atoms with Gasteiger partial charge in [0.1, 0.15) is 0 Å². The number of rotatable bonds is 5. The van der Waals surface area contributed by atoms with E-state index >= 15 is 0 Å². The van der Waals surface area contributed by atoms with Gasteiger partial charge in [-0.2, -0.15) is 0 Å². The second-order valence-corrected chi connectivity index (χ2v) is 5.12. The summed E-state index contributed by atoms with van der Waals surface area (Å²) in [6.07, 6.45) is 1.83. The molecule has 0 bridgehead atoms. The molecule has 1 aromatic rings. The molecule has 2 rings (SSSR count). The smallest absolute Gasteiger partial charge is 0.225 e. The second-order valence-electron chi connectivity index (χ2n) is 5.12. The average Bonchev–Trinajstić information content (AvgIpc) is 2.48. The molecule has 1 atom stereocenters. The summed E-state index contributed by atoms with van der Waals surface area (Å²) in [4.78, 5) is 14.2. The molecule has 0 spiro atoms.